The Bertz CT molecular complexity index is 723. The van der Waals surface area contributed by atoms with Gasteiger partial charge in [0.05, 0.1) is 0 Å². The Morgan fingerprint density at radius 1 is 0.537 bits per heavy atom. The zero-order valence-electron chi connectivity index (χ0n) is 28.4. The van der Waals surface area contributed by atoms with Crippen LogP contribution in [0.5, 0.6) is 0 Å². The predicted molar refractivity (Wildman–Crippen MR) is 183 cm³/mol. The third-order valence-electron chi connectivity index (χ3n) is 8.66. The van der Waals surface area contributed by atoms with Gasteiger partial charge in [-0.25, -0.2) is 12.1 Å². The summed E-state index contributed by atoms with van der Waals surface area (Å²) in [5, 5.41) is 0. The molecule has 0 amide bonds. The van der Waals surface area contributed by atoms with Gasteiger partial charge in [-0.2, -0.15) is 46.0 Å². The molecule has 0 fully saturated rings. The smallest absolute Gasteiger partial charge is 0.210 e. The van der Waals surface area contributed by atoms with E-state index in [0.717, 1.165) is 0 Å². The third kappa shape index (κ3) is 20.7. The molecule has 0 aromatic heterocycles. The SMILES string of the molecule is CCCCCCc1c[cH-]c(CCCCCC)c1.CCCCCCc1cc[c-](CCCCCC)c1CCCCCC.[Fe+2]. The van der Waals surface area contributed by atoms with Crippen LogP contribution in [0.3, 0.4) is 0 Å². The van der Waals surface area contributed by atoms with Crippen LogP contribution in [0.4, 0.5) is 0 Å². The van der Waals surface area contributed by atoms with Crippen molar-refractivity contribution < 1.29 is 17.1 Å². The summed E-state index contributed by atoms with van der Waals surface area (Å²) in [6.45, 7) is 11.5. The standard InChI is InChI=1S/C23H41.C17H29.Fe/c1-4-7-10-13-16-21-19-20-22(17-14-11-8-5-2)23(21)18-15-12-9-6-3;1-3-5-7-9-11-16-13-14-17(15-16)12-10-8-6-4-2;/h19-20H,4-18H2,1-3H3;13-15H,3-12H2,1-2H3;/q2*-1;+2. The van der Waals surface area contributed by atoms with Gasteiger partial charge in [0.25, 0.3) is 0 Å². The number of hydrogen-bond acceptors (Lipinski definition) is 0. The van der Waals surface area contributed by atoms with E-state index in [0.29, 0.717) is 0 Å². The molecule has 41 heavy (non-hydrogen) atoms. The predicted octanol–water partition coefficient (Wildman–Crippen LogP) is 13.4. The summed E-state index contributed by atoms with van der Waals surface area (Å²) in [4.78, 5) is 0. The molecular formula is C40H70Fe. The molecule has 2 rings (SSSR count). The molecule has 0 unspecified atom stereocenters. The van der Waals surface area contributed by atoms with Crippen LogP contribution >= 0.6 is 0 Å². The van der Waals surface area contributed by atoms with Crippen molar-refractivity contribution >= 4 is 0 Å². The van der Waals surface area contributed by atoms with Crippen LogP contribution in [0.1, 0.15) is 191 Å². The van der Waals surface area contributed by atoms with E-state index in [1.54, 1.807) is 27.8 Å². The van der Waals surface area contributed by atoms with E-state index in [9.17, 15) is 0 Å². The molecule has 0 aliphatic heterocycles. The fourth-order valence-corrected chi connectivity index (χ4v) is 5.98. The van der Waals surface area contributed by atoms with E-state index in [4.69, 9.17) is 0 Å². The third-order valence-corrected chi connectivity index (χ3v) is 8.66. The summed E-state index contributed by atoms with van der Waals surface area (Å²) < 4.78 is 0. The molecule has 238 valence electrons. The van der Waals surface area contributed by atoms with E-state index in [-0.39, 0.29) is 17.1 Å². The zero-order valence-corrected chi connectivity index (χ0v) is 29.5. The molecule has 0 bridgehead atoms. The Morgan fingerprint density at radius 2 is 1.02 bits per heavy atom. The average molecular weight is 607 g/mol. The summed E-state index contributed by atoms with van der Waals surface area (Å²) in [7, 11) is 0. The van der Waals surface area contributed by atoms with Crippen molar-refractivity contribution in [2.75, 3.05) is 0 Å². The van der Waals surface area contributed by atoms with Gasteiger partial charge in [-0.05, 0) is 0 Å². The van der Waals surface area contributed by atoms with E-state index < -0.39 is 0 Å². The summed E-state index contributed by atoms with van der Waals surface area (Å²) in [6, 6.07) is 12.0. The van der Waals surface area contributed by atoms with Crippen LogP contribution in [0.25, 0.3) is 0 Å². The second-order valence-corrected chi connectivity index (χ2v) is 12.5. The van der Waals surface area contributed by atoms with Crippen molar-refractivity contribution in [3.63, 3.8) is 0 Å². The fourth-order valence-electron chi connectivity index (χ4n) is 5.98. The average Bonchev–Trinajstić information content (AvgIpc) is 3.59. The molecule has 0 heterocycles. The first-order valence-corrected chi connectivity index (χ1v) is 18.2. The molecule has 0 saturated heterocycles. The Morgan fingerprint density at radius 3 is 1.59 bits per heavy atom. The first-order valence-electron chi connectivity index (χ1n) is 18.2. The van der Waals surface area contributed by atoms with E-state index >= 15 is 0 Å². The van der Waals surface area contributed by atoms with Gasteiger partial charge in [0, 0.05) is 0 Å². The minimum Gasteiger partial charge on any atom is -0.210 e. The van der Waals surface area contributed by atoms with Gasteiger partial charge in [0.2, 0.25) is 0 Å². The molecule has 1 heteroatoms. The molecule has 0 spiro atoms. The Hall–Kier alpha value is -0.781. The van der Waals surface area contributed by atoms with E-state index in [1.165, 1.54) is 161 Å². The maximum absolute atomic E-state index is 2.45. The topological polar surface area (TPSA) is 0 Å². The normalized spacial score (nSPS) is 10.9. The first kappa shape index (κ1) is 40.2. The monoisotopic (exact) mass is 606 g/mol. The summed E-state index contributed by atoms with van der Waals surface area (Å²) in [5.74, 6) is 0. The maximum Gasteiger partial charge on any atom is 2.00 e. The number of hydrogen-bond donors (Lipinski definition) is 0. The Kier molecular flexibility index (Phi) is 28.7. The van der Waals surface area contributed by atoms with Gasteiger partial charge in [0.15, 0.2) is 0 Å². The fraction of sp³-hybridized carbons (Fsp3) is 0.750. The zero-order chi connectivity index (χ0) is 29.1. The first-order chi connectivity index (χ1) is 19.7. The van der Waals surface area contributed by atoms with Gasteiger partial charge >= 0.3 is 17.1 Å². The Balaban J connectivity index is 0.000000794. The van der Waals surface area contributed by atoms with Crippen LogP contribution < -0.4 is 0 Å². The molecular weight excluding hydrogens is 536 g/mol. The summed E-state index contributed by atoms with van der Waals surface area (Å²) >= 11 is 0. The minimum absolute atomic E-state index is 0. The molecule has 0 N–H and O–H groups in total. The molecule has 0 atom stereocenters. The van der Waals surface area contributed by atoms with Crippen molar-refractivity contribution in [1.29, 1.82) is 0 Å². The van der Waals surface area contributed by atoms with Crippen LogP contribution in [-0.4, -0.2) is 0 Å². The number of aryl methyl sites for hydroxylation is 4. The van der Waals surface area contributed by atoms with Gasteiger partial charge in [-0.3, -0.25) is 0 Å². The van der Waals surface area contributed by atoms with Gasteiger partial charge in [-0.1, -0.05) is 195 Å². The number of unbranched alkanes of at least 4 members (excludes halogenated alkanes) is 15. The molecule has 2 aromatic carbocycles. The molecule has 0 radical (unpaired) electrons. The number of rotatable bonds is 25. The van der Waals surface area contributed by atoms with Crippen LogP contribution in [-0.2, 0) is 49.2 Å². The van der Waals surface area contributed by atoms with E-state index in [1.807, 2.05) is 0 Å². The molecule has 0 aliphatic rings. The molecule has 0 aliphatic carbocycles. The van der Waals surface area contributed by atoms with E-state index in [2.05, 4.69) is 65.0 Å². The van der Waals surface area contributed by atoms with Crippen molar-refractivity contribution in [3.05, 3.63) is 58.1 Å². The van der Waals surface area contributed by atoms with Gasteiger partial charge < -0.3 is 0 Å². The van der Waals surface area contributed by atoms with Crippen LogP contribution in [0.2, 0.25) is 0 Å². The van der Waals surface area contributed by atoms with Crippen LogP contribution in [0, 0.1) is 0 Å². The van der Waals surface area contributed by atoms with Crippen molar-refractivity contribution in [3.8, 4) is 0 Å². The molecule has 0 saturated carbocycles. The largest absolute Gasteiger partial charge is 2.00 e. The summed E-state index contributed by atoms with van der Waals surface area (Å²) in [6.07, 6.45) is 34.1. The van der Waals surface area contributed by atoms with Crippen molar-refractivity contribution in [2.24, 2.45) is 0 Å². The second-order valence-electron chi connectivity index (χ2n) is 12.5. The maximum atomic E-state index is 2.45. The van der Waals surface area contributed by atoms with Crippen molar-refractivity contribution in [2.45, 2.75) is 195 Å². The Labute approximate surface area is 269 Å². The quantitative estimate of drug-likeness (QED) is 0.0599. The second kappa shape index (κ2) is 29.3. The summed E-state index contributed by atoms with van der Waals surface area (Å²) in [5.41, 5.74) is 8.23. The van der Waals surface area contributed by atoms with Gasteiger partial charge in [-0.15, -0.1) is 0 Å². The minimum atomic E-state index is 0. The molecule has 2 aromatic rings. The van der Waals surface area contributed by atoms with Crippen LogP contribution in [0.15, 0.2) is 30.3 Å². The van der Waals surface area contributed by atoms with Crippen molar-refractivity contribution in [1.82, 2.24) is 0 Å². The molecule has 0 nitrogen and oxygen atoms in total. The van der Waals surface area contributed by atoms with Gasteiger partial charge in [0.1, 0.15) is 0 Å².